The van der Waals surface area contributed by atoms with E-state index in [2.05, 4.69) is 47.9 Å². The van der Waals surface area contributed by atoms with E-state index < -0.39 is 5.97 Å². The summed E-state index contributed by atoms with van der Waals surface area (Å²) in [6, 6.07) is 16.4. The molecule has 0 aliphatic heterocycles. The molecule has 0 unspecified atom stereocenters. The summed E-state index contributed by atoms with van der Waals surface area (Å²) in [5, 5.41) is 18.6. The van der Waals surface area contributed by atoms with Crippen molar-refractivity contribution in [3.63, 3.8) is 0 Å². The first kappa shape index (κ1) is 22.7. The van der Waals surface area contributed by atoms with E-state index in [4.69, 9.17) is 9.84 Å². The number of aromatic amines is 1. The number of hydrogen-bond donors (Lipinski definition) is 2. The number of carbonyl (C=O) groups is 1. The van der Waals surface area contributed by atoms with Gasteiger partial charge in [-0.3, -0.25) is 0 Å². The van der Waals surface area contributed by atoms with Gasteiger partial charge in [0, 0.05) is 0 Å². The van der Waals surface area contributed by atoms with Crippen molar-refractivity contribution in [2.24, 2.45) is 0 Å². The van der Waals surface area contributed by atoms with Crippen LogP contribution in [0, 0.1) is 17.1 Å². The second-order valence-electron chi connectivity index (χ2n) is 7.02. The third kappa shape index (κ3) is 5.13. The van der Waals surface area contributed by atoms with Crippen molar-refractivity contribution >= 4 is 60.5 Å². The van der Waals surface area contributed by atoms with Gasteiger partial charge >= 0.3 is 5.97 Å². The Morgan fingerprint density at radius 2 is 1.85 bits per heavy atom. The molecule has 164 valence electrons. The SMILES string of the molecule is N#C/C(=C/c1cc(Br)c(OCc2ccc(C(=O)O)cc2)c(Br)c1)c1nc2ccc(F)cc2[nH]1. The Morgan fingerprint density at radius 1 is 1.15 bits per heavy atom. The Bertz CT molecular complexity index is 1420. The van der Waals surface area contributed by atoms with Crippen LogP contribution in [0.25, 0.3) is 22.7 Å². The molecular weight excluding hydrogens is 557 g/mol. The molecule has 0 saturated carbocycles. The van der Waals surface area contributed by atoms with Gasteiger partial charge in [0.05, 0.1) is 31.1 Å². The number of aromatic nitrogens is 2. The number of halogens is 3. The number of nitrogens with zero attached hydrogens (tertiary/aromatic N) is 2. The molecular formula is C24H14Br2FN3O3. The summed E-state index contributed by atoms with van der Waals surface area (Å²) in [4.78, 5) is 18.3. The number of benzene rings is 3. The third-order valence-electron chi connectivity index (χ3n) is 4.74. The van der Waals surface area contributed by atoms with Crippen molar-refractivity contribution in [3.8, 4) is 11.8 Å². The minimum Gasteiger partial charge on any atom is -0.487 e. The Labute approximate surface area is 204 Å². The van der Waals surface area contributed by atoms with Crippen LogP contribution >= 0.6 is 31.9 Å². The van der Waals surface area contributed by atoms with Crippen molar-refractivity contribution in [3.05, 3.63) is 91.9 Å². The topological polar surface area (TPSA) is 99.0 Å². The molecule has 0 saturated heterocycles. The van der Waals surface area contributed by atoms with Crippen molar-refractivity contribution < 1.29 is 19.0 Å². The first-order valence-corrected chi connectivity index (χ1v) is 11.1. The molecule has 0 aliphatic carbocycles. The predicted octanol–water partition coefficient (Wildman–Crippen LogP) is 6.57. The molecule has 6 nitrogen and oxygen atoms in total. The molecule has 1 heterocycles. The van der Waals surface area contributed by atoms with Crippen molar-refractivity contribution in [2.45, 2.75) is 6.61 Å². The Morgan fingerprint density at radius 3 is 2.48 bits per heavy atom. The maximum Gasteiger partial charge on any atom is 0.335 e. The number of rotatable bonds is 6. The minimum absolute atomic E-state index is 0.208. The number of aromatic carboxylic acids is 1. The number of carboxylic acid groups (broad SMARTS) is 1. The highest BCUT2D eigenvalue weighted by Crippen LogP contribution is 2.36. The van der Waals surface area contributed by atoms with E-state index in [-0.39, 0.29) is 23.6 Å². The number of imidazole rings is 1. The van der Waals surface area contributed by atoms with Gasteiger partial charge in [-0.15, -0.1) is 0 Å². The number of nitriles is 1. The molecule has 9 heteroatoms. The molecule has 0 fully saturated rings. The van der Waals surface area contributed by atoms with Crippen LogP contribution in [0.5, 0.6) is 5.75 Å². The van der Waals surface area contributed by atoms with Gasteiger partial charge in [0.2, 0.25) is 0 Å². The normalized spacial score (nSPS) is 11.4. The number of H-pyrrole nitrogens is 1. The first-order valence-electron chi connectivity index (χ1n) is 9.55. The largest absolute Gasteiger partial charge is 0.487 e. The van der Waals surface area contributed by atoms with Crippen molar-refractivity contribution in [1.82, 2.24) is 9.97 Å². The van der Waals surface area contributed by atoms with Crippen LogP contribution in [0.4, 0.5) is 4.39 Å². The average molecular weight is 571 g/mol. The number of fused-ring (bicyclic) bond motifs is 1. The number of ether oxygens (including phenoxy) is 1. The fourth-order valence-electron chi connectivity index (χ4n) is 3.13. The Kier molecular flexibility index (Phi) is 6.58. The lowest BCUT2D eigenvalue weighted by molar-refractivity contribution is 0.0697. The summed E-state index contributed by atoms with van der Waals surface area (Å²) < 4.78 is 20.7. The molecule has 33 heavy (non-hydrogen) atoms. The molecule has 0 amide bonds. The zero-order chi connectivity index (χ0) is 23.5. The van der Waals surface area contributed by atoms with Gasteiger partial charge < -0.3 is 14.8 Å². The van der Waals surface area contributed by atoms with Gasteiger partial charge in [0.15, 0.2) is 0 Å². The molecule has 4 rings (SSSR count). The molecule has 1 aromatic heterocycles. The van der Waals surface area contributed by atoms with Gasteiger partial charge in [-0.05, 0) is 91.5 Å². The molecule has 0 radical (unpaired) electrons. The number of hydrogen-bond acceptors (Lipinski definition) is 4. The molecule has 0 aliphatic rings. The van der Waals surface area contributed by atoms with E-state index in [0.29, 0.717) is 31.6 Å². The fraction of sp³-hybridized carbons (Fsp3) is 0.0417. The van der Waals surface area contributed by atoms with E-state index in [9.17, 15) is 14.4 Å². The number of nitrogens with one attached hydrogen (secondary N) is 1. The Hall–Kier alpha value is -3.48. The highest BCUT2D eigenvalue weighted by molar-refractivity contribution is 9.11. The van der Waals surface area contributed by atoms with Crippen LogP contribution in [0.15, 0.2) is 63.5 Å². The quantitative estimate of drug-likeness (QED) is 0.255. The molecule has 0 spiro atoms. The second kappa shape index (κ2) is 9.57. The zero-order valence-electron chi connectivity index (χ0n) is 16.8. The average Bonchev–Trinajstić information content (AvgIpc) is 3.20. The summed E-state index contributed by atoms with van der Waals surface area (Å²) in [7, 11) is 0. The number of carboxylic acids is 1. The fourth-order valence-corrected chi connectivity index (χ4v) is 4.58. The van der Waals surface area contributed by atoms with E-state index >= 15 is 0 Å². The summed E-state index contributed by atoms with van der Waals surface area (Å²) in [5.74, 6) is -0.465. The lowest BCUT2D eigenvalue weighted by Gasteiger charge is -2.12. The summed E-state index contributed by atoms with van der Waals surface area (Å²) in [6.07, 6.45) is 1.66. The monoisotopic (exact) mass is 569 g/mol. The van der Waals surface area contributed by atoms with Crippen LogP contribution < -0.4 is 4.74 Å². The van der Waals surface area contributed by atoms with E-state index in [1.54, 1.807) is 36.4 Å². The summed E-state index contributed by atoms with van der Waals surface area (Å²) in [6.45, 7) is 0.241. The maximum atomic E-state index is 13.4. The summed E-state index contributed by atoms with van der Waals surface area (Å²) >= 11 is 6.99. The minimum atomic E-state index is -0.983. The smallest absolute Gasteiger partial charge is 0.335 e. The van der Waals surface area contributed by atoms with Gasteiger partial charge in [0.1, 0.15) is 30.1 Å². The molecule has 0 bridgehead atoms. The van der Waals surface area contributed by atoms with Crippen LogP contribution in [0.3, 0.4) is 0 Å². The van der Waals surface area contributed by atoms with Crippen LogP contribution in [0.1, 0.15) is 27.3 Å². The number of allylic oxidation sites excluding steroid dienone is 1. The lowest BCUT2D eigenvalue weighted by atomic mass is 10.1. The highest BCUT2D eigenvalue weighted by atomic mass is 79.9. The Balaban J connectivity index is 1.56. The second-order valence-corrected chi connectivity index (χ2v) is 8.73. The zero-order valence-corrected chi connectivity index (χ0v) is 19.9. The maximum absolute atomic E-state index is 13.4. The van der Waals surface area contributed by atoms with Crippen LogP contribution in [0.2, 0.25) is 0 Å². The van der Waals surface area contributed by atoms with Crippen molar-refractivity contribution in [1.29, 1.82) is 5.26 Å². The summed E-state index contributed by atoms with van der Waals surface area (Å²) in [5.41, 5.74) is 3.10. The molecule has 3 aromatic carbocycles. The van der Waals surface area contributed by atoms with Crippen LogP contribution in [-0.4, -0.2) is 21.0 Å². The lowest BCUT2D eigenvalue weighted by Crippen LogP contribution is -2.00. The highest BCUT2D eigenvalue weighted by Gasteiger charge is 2.12. The van der Waals surface area contributed by atoms with E-state index in [1.807, 2.05) is 0 Å². The first-order chi connectivity index (χ1) is 15.8. The van der Waals surface area contributed by atoms with Gasteiger partial charge in [-0.2, -0.15) is 5.26 Å². The van der Waals surface area contributed by atoms with Gasteiger partial charge in [-0.1, -0.05) is 12.1 Å². The third-order valence-corrected chi connectivity index (χ3v) is 5.91. The molecule has 0 atom stereocenters. The standard InChI is InChI=1S/C24H14Br2FN3O3/c25-18-8-14(7-16(11-28)23-29-20-6-5-17(27)10-21(20)30-23)9-19(26)22(18)33-12-13-1-3-15(4-2-13)24(31)32/h1-10H,12H2,(H,29,30)(H,31,32)/b16-7-. The van der Waals surface area contributed by atoms with Gasteiger partial charge in [-0.25, -0.2) is 14.2 Å². The van der Waals surface area contributed by atoms with Crippen molar-refractivity contribution in [2.75, 3.05) is 0 Å². The van der Waals surface area contributed by atoms with E-state index in [1.165, 1.54) is 24.3 Å². The molecule has 2 N–H and O–H groups in total. The predicted molar refractivity (Wildman–Crippen MR) is 129 cm³/mol. The van der Waals surface area contributed by atoms with E-state index in [0.717, 1.165) is 11.1 Å². The van der Waals surface area contributed by atoms with Gasteiger partial charge in [0.25, 0.3) is 0 Å². The molecule has 4 aromatic rings. The van der Waals surface area contributed by atoms with Crippen LogP contribution in [-0.2, 0) is 6.61 Å².